The van der Waals surface area contributed by atoms with Crippen LogP contribution in [-0.2, 0) is 20.9 Å². The highest BCUT2D eigenvalue weighted by atomic mass is 16.5. The van der Waals surface area contributed by atoms with E-state index in [4.69, 9.17) is 9.15 Å². The molecule has 0 spiro atoms. The van der Waals surface area contributed by atoms with Crippen molar-refractivity contribution in [1.29, 1.82) is 0 Å². The number of ether oxygens (including phenoxy) is 1. The topological polar surface area (TPSA) is 63.0 Å². The Morgan fingerprint density at radius 1 is 1.04 bits per heavy atom. The van der Waals surface area contributed by atoms with E-state index in [0.29, 0.717) is 13.1 Å². The molecular formula is C22H32N2O4. The van der Waals surface area contributed by atoms with Gasteiger partial charge in [-0.15, -0.1) is 0 Å². The van der Waals surface area contributed by atoms with Crippen LogP contribution >= 0.6 is 0 Å². The molecule has 6 heteroatoms. The molecule has 0 radical (unpaired) electrons. The minimum atomic E-state index is 0.00274. The van der Waals surface area contributed by atoms with Crippen molar-refractivity contribution in [2.24, 2.45) is 5.92 Å². The number of carbonyl (C=O) groups excluding carboxylic acids is 2. The molecule has 0 bridgehead atoms. The predicted molar refractivity (Wildman–Crippen MR) is 104 cm³/mol. The molecule has 3 aliphatic rings. The SMILES string of the molecule is O=C(CN(C(=O)C1CCCCC1)C1CC1)N(Cc1ccco1)C[C@@H]1CCCO1. The highest BCUT2D eigenvalue weighted by Crippen LogP contribution is 2.32. The van der Waals surface area contributed by atoms with Crippen LogP contribution in [0, 0.1) is 5.92 Å². The number of hydrogen-bond donors (Lipinski definition) is 0. The molecule has 0 aromatic carbocycles. The molecule has 1 aromatic rings. The molecule has 1 aromatic heterocycles. The van der Waals surface area contributed by atoms with Crippen molar-refractivity contribution in [1.82, 2.24) is 9.80 Å². The van der Waals surface area contributed by atoms with E-state index in [-0.39, 0.29) is 36.4 Å². The molecule has 1 atom stereocenters. The van der Waals surface area contributed by atoms with Crippen molar-refractivity contribution < 1.29 is 18.7 Å². The third-order valence-corrected chi connectivity index (χ3v) is 6.26. The van der Waals surface area contributed by atoms with Crippen LogP contribution in [-0.4, -0.2) is 53.5 Å². The van der Waals surface area contributed by atoms with E-state index in [1.54, 1.807) is 6.26 Å². The maximum Gasteiger partial charge on any atom is 0.242 e. The lowest BCUT2D eigenvalue weighted by molar-refractivity contribution is -0.145. The van der Waals surface area contributed by atoms with Gasteiger partial charge in [-0.25, -0.2) is 0 Å². The van der Waals surface area contributed by atoms with Crippen molar-refractivity contribution in [2.45, 2.75) is 76.5 Å². The first-order valence-corrected chi connectivity index (χ1v) is 10.9. The maximum absolute atomic E-state index is 13.2. The Hall–Kier alpha value is -1.82. The van der Waals surface area contributed by atoms with Crippen LogP contribution in [0.15, 0.2) is 22.8 Å². The fourth-order valence-corrected chi connectivity index (χ4v) is 4.48. The quantitative estimate of drug-likeness (QED) is 0.685. The van der Waals surface area contributed by atoms with Crippen LogP contribution < -0.4 is 0 Å². The van der Waals surface area contributed by atoms with E-state index in [9.17, 15) is 9.59 Å². The van der Waals surface area contributed by atoms with Crippen molar-refractivity contribution in [2.75, 3.05) is 19.7 Å². The van der Waals surface area contributed by atoms with Gasteiger partial charge in [-0.05, 0) is 50.7 Å². The second-order valence-electron chi connectivity index (χ2n) is 8.52. The van der Waals surface area contributed by atoms with E-state index >= 15 is 0 Å². The summed E-state index contributed by atoms with van der Waals surface area (Å²) in [5, 5.41) is 0. The molecular weight excluding hydrogens is 356 g/mol. The van der Waals surface area contributed by atoms with E-state index in [0.717, 1.165) is 63.7 Å². The molecule has 28 heavy (non-hydrogen) atoms. The molecule has 3 fully saturated rings. The Labute approximate surface area is 167 Å². The largest absolute Gasteiger partial charge is 0.467 e. The van der Waals surface area contributed by atoms with Crippen LogP contribution in [0.2, 0.25) is 0 Å². The number of hydrogen-bond acceptors (Lipinski definition) is 4. The van der Waals surface area contributed by atoms with Gasteiger partial charge in [0.2, 0.25) is 11.8 Å². The highest BCUT2D eigenvalue weighted by Gasteiger charge is 2.38. The summed E-state index contributed by atoms with van der Waals surface area (Å²) in [6.07, 6.45) is 11.2. The van der Waals surface area contributed by atoms with Gasteiger partial charge >= 0.3 is 0 Å². The highest BCUT2D eigenvalue weighted by molar-refractivity contribution is 5.86. The van der Waals surface area contributed by atoms with Crippen LogP contribution in [0.3, 0.4) is 0 Å². The molecule has 6 nitrogen and oxygen atoms in total. The smallest absolute Gasteiger partial charge is 0.242 e. The fourth-order valence-electron chi connectivity index (χ4n) is 4.48. The van der Waals surface area contributed by atoms with E-state index < -0.39 is 0 Å². The van der Waals surface area contributed by atoms with Gasteiger partial charge in [0.05, 0.1) is 18.9 Å². The number of nitrogens with zero attached hydrogens (tertiary/aromatic N) is 2. The lowest BCUT2D eigenvalue weighted by Gasteiger charge is -2.32. The summed E-state index contributed by atoms with van der Waals surface area (Å²) < 4.78 is 11.2. The molecule has 154 valence electrons. The Morgan fingerprint density at radius 3 is 2.50 bits per heavy atom. The van der Waals surface area contributed by atoms with Crippen molar-refractivity contribution in [3.8, 4) is 0 Å². The Kier molecular flexibility index (Phi) is 6.35. The molecule has 0 N–H and O–H groups in total. The van der Waals surface area contributed by atoms with Gasteiger partial charge < -0.3 is 19.0 Å². The fraction of sp³-hybridized carbons (Fsp3) is 0.727. The molecule has 2 saturated carbocycles. The number of furan rings is 1. The minimum Gasteiger partial charge on any atom is -0.467 e. The monoisotopic (exact) mass is 388 g/mol. The summed E-state index contributed by atoms with van der Waals surface area (Å²) in [6, 6.07) is 3.99. The third-order valence-electron chi connectivity index (χ3n) is 6.26. The summed E-state index contributed by atoms with van der Waals surface area (Å²) in [7, 11) is 0. The molecule has 2 amide bonds. The zero-order chi connectivity index (χ0) is 19.3. The summed E-state index contributed by atoms with van der Waals surface area (Å²) in [5.74, 6) is 1.08. The third kappa shape index (κ3) is 4.96. The van der Waals surface area contributed by atoms with Gasteiger partial charge in [-0.1, -0.05) is 19.3 Å². The molecule has 4 rings (SSSR count). The Balaban J connectivity index is 1.42. The van der Waals surface area contributed by atoms with Crippen molar-refractivity contribution in [3.05, 3.63) is 24.2 Å². The van der Waals surface area contributed by atoms with Gasteiger partial charge in [-0.3, -0.25) is 9.59 Å². The van der Waals surface area contributed by atoms with Crippen molar-refractivity contribution >= 4 is 11.8 Å². The second-order valence-corrected chi connectivity index (χ2v) is 8.52. The summed E-state index contributed by atoms with van der Waals surface area (Å²) in [5.41, 5.74) is 0. The average Bonchev–Trinajstić information content (AvgIpc) is 3.18. The normalized spacial score (nSPS) is 22.9. The number of rotatable bonds is 8. The average molecular weight is 389 g/mol. The van der Waals surface area contributed by atoms with Gasteiger partial charge in [0, 0.05) is 25.1 Å². The first-order chi connectivity index (χ1) is 13.7. The zero-order valence-electron chi connectivity index (χ0n) is 16.7. The number of amides is 2. The lowest BCUT2D eigenvalue weighted by atomic mass is 9.88. The van der Waals surface area contributed by atoms with Gasteiger partial charge in [0.1, 0.15) is 12.3 Å². The molecule has 2 aliphatic carbocycles. The molecule has 2 heterocycles. The first-order valence-electron chi connectivity index (χ1n) is 10.9. The van der Waals surface area contributed by atoms with E-state index in [2.05, 4.69) is 0 Å². The first kappa shape index (κ1) is 19.5. The van der Waals surface area contributed by atoms with E-state index in [1.165, 1.54) is 6.42 Å². The van der Waals surface area contributed by atoms with Crippen LogP contribution in [0.5, 0.6) is 0 Å². The molecule has 0 unspecified atom stereocenters. The Bertz CT molecular complexity index is 644. The van der Waals surface area contributed by atoms with Gasteiger partial charge in [0.15, 0.2) is 0 Å². The zero-order valence-corrected chi connectivity index (χ0v) is 16.7. The molecule has 1 aliphatic heterocycles. The van der Waals surface area contributed by atoms with Crippen molar-refractivity contribution in [3.63, 3.8) is 0 Å². The summed E-state index contributed by atoms with van der Waals surface area (Å²) >= 11 is 0. The second kappa shape index (κ2) is 9.12. The summed E-state index contributed by atoms with van der Waals surface area (Å²) in [6.45, 7) is 1.95. The van der Waals surface area contributed by atoms with E-state index in [1.807, 2.05) is 21.9 Å². The minimum absolute atomic E-state index is 0.00274. The lowest BCUT2D eigenvalue weighted by Crippen LogP contribution is -2.47. The van der Waals surface area contributed by atoms with Gasteiger partial charge in [0.25, 0.3) is 0 Å². The Morgan fingerprint density at radius 2 is 1.86 bits per heavy atom. The predicted octanol–water partition coefficient (Wildman–Crippen LogP) is 3.36. The number of carbonyl (C=O) groups is 2. The van der Waals surface area contributed by atoms with Crippen LogP contribution in [0.25, 0.3) is 0 Å². The molecule has 1 saturated heterocycles. The maximum atomic E-state index is 13.2. The summed E-state index contributed by atoms with van der Waals surface area (Å²) in [4.78, 5) is 30.0. The standard InChI is InChI=1S/C22H32N2O4/c25-21(16-24(18-10-11-18)22(26)17-6-2-1-3-7-17)23(14-19-8-4-12-27-19)15-20-9-5-13-28-20/h4,8,12,17-18,20H,1-3,5-7,9-11,13-16H2/t20-/m0/s1. The van der Waals surface area contributed by atoms with Gasteiger partial charge in [-0.2, -0.15) is 0 Å². The van der Waals surface area contributed by atoms with Crippen LogP contribution in [0.4, 0.5) is 0 Å². The van der Waals surface area contributed by atoms with Crippen LogP contribution in [0.1, 0.15) is 63.5 Å².